The molecule has 0 fully saturated rings. The van der Waals surface area contributed by atoms with E-state index in [1.807, 2.05) is 0 Å². The third kappa shape index (κ3) is 4.88. The lowest BCUT2D eigenvalue weighted by molar-refractivity contribution is -0.139. The first-order chi connectivity index (χ1) is 8.84. The number of carboxylic acids is 1. The average molecular weight is 287 g/mol. The minimum atomic E-state index is -3.27. The molecule has 2 N–H and O–H groups in total. The molecule has 106 valence electrons. The quantitative estimate of drug-likeness (QED) is 0.760. The predicted octanol–water partition coefficient (Wildman–Crippen LogP) is 0.532. The Morgan fingerprint density at radius 3 is 2.68 bits per heavy atom. The number of likely N-dealkylation sites (N-methyl/N-ethyl adjacent to an activating group) is 1. The lowest BCUT2D eigenvalue weighted by atomic mass is 10.2. The van der Waals surface area contributed by atoms with Crippen LogP contribution in [0.4, 0.5) is 0 Å². The molecule has 1 atom stereocenters. The van der Waals surface area contributed by atoms with Crippen LogP contribution in [0.2, 0.25) is 0 Å². The van der Waals surface area contributed by atoms with E-state index in [0.29, 0.717) is 5.75 Å². The number of benzene rings is 1. The van der Waals surface area contributed by atoms with Crippen molar-refractivity contribution in [3.05, 3.63) is 24.3 Å². The SMILES string of the molecule is CNC(CCOc1cccc(S(C)(=O)=O)c1)C(=O)O. The second-order valence-electron chi connectivity index (χ2n) is 4.06. The maximum atomic E-state index is 11.4. The highest BCUT2D eigenvalue weighted by molar-refractivity contribution is 7.90. The van der Waals surface area contributed by atoms with E-state index in [9.17, 15) is 13.2 Å². The van der Waals surface area contributed by atoms with Crippen LogP contribution >= 0.6 is 0 Å². The van der Waals surface area contributed by atoms with E-state index in [1.165, 1.54) is 12.1 Å². The molecule has 0 aliphatic heterocycles. The van der Waals surface area contributed by atoms with Gasteiger partial charge in [0.05, 0.1) is 11.5 Å². The summed E-state index contributed by atoms with van der Waals surface area (Å²) in [5, 5.41) is 11.5. The van der Waals surface area contributed by atoms with Crippen LogP contribution in [-0.4, -0.2) is 45.4 Å². The Balaban J connectivity index is 2.62. The van der Waals surface area contributed by atoms with Crippen LogP contribution in [-0.2, 0) is 14.6 Å². The Bertz CT molecular complexity index is 541. The summed E-state index contributed by atoms with van der Waals surface area (Å²) < 4.78 is 28.1. The van der Waals surface area contributed by atoms with Crippen LogP contribution in [0, 0.1) is 0 Å². The van der Waals surface area contributed by atoms with Crippen molar-refractivity contribution in [2.24, 2.45) is 0 Å². The van der Waals surface area contributed by atoms with Gasteiger partial charge in [-0.2, -0.15) is 0 Å². The number of aliphatic carboxylic acids is 1. The lowest BCUT2D eigenvalue weighted by Gasteiger charge is -2.12. The van der Waals surface area contributed by atoms with Crippen LogP contribution in [0.15, 0.2) is 29.2 Å². The van der Waals surface area contributed by atoms with E-state index in [4.69, 9.17) is 9.84 Å². The summed E-state index contributed by atoms with van der Waals surface area (Å²) in [7, 11) is -1.71. The van der Waals surface area contributed by atoms with Gasteiger partial charge in [-0.3, -0.25) is 4.79 Å². The fourth-order valence-corrected chi connectivity index (χ4v) is 2.14. The summed E-state index contributed by atoms with van der Waals surface area (Å²) >= 11 is 0. The minimum Gasteiger partial charge on any atom is -0.493 e. The van der Waals surface area contributed by atoms with Crippen molar-refractivity contribution in [3.8, 4) is 5.75 Å². The Morgan fingerprint density at radius 1 is 1.47 bits per heavy atom. The van der Waals surface area contributed by atoms with Crippen molar-refractivity contribution < 1.29 is 23.1 Å². The highest BCUT2D eigenvalue weighted by Gasteiger charge is 2.14. The lowest BCUT2D eigenvalue weighted by Crippen LogP contribution is -2.35. The van der Waals surface area contributed by atoms with Gasteiger partial charge in [0.25, 0.3) is 0 Å². The number of rotatable bonds is 7. The van der Waals surface area contributed by atoms with Gasteiger partial charge in [0.15, 0.2) is 9.84 Å². The smallest absolute Gasteiger partial charge is 0.320 e. The van der Waals surface area contributed by atoms with Gasteiger partial charge in [0.1, 0.15) is 11.8 Å². The van der Waals surface area contributed by atoms with E-state index in [2.05, 4.69) is 5.32 Å². The fourth-order valence-electron chi connectivity index (χ4n) is 1.48. The fraction of sp³-hybridized carbons (Fsp3) is 0.417. The molecule has 0 saturated heterocycles. The molecule has 0 aliphatic carbocycles. The molecular formula is C12H17NO5S. The molecule has 7 heteroatoms. The third-order valence-corrected chi connectivity index (χ3v) is 3.67. The number of hydrogen-bond acceptors (Lipinski definition) is 5. The zero-order valence-electron chi connectivity index (χ0n) is 10.8. The summed E-state index contributed by atoms with van der Waals surface area (Å²) in [6, 6.07) is 5.43. The van der Waals surface area contributed by atoms with E-state index in [-0.39, 0.29) is 17.9 Å². The molecule has 0 bridgehead atoms. The largest absolute Gasteiger partial charge is 0.493 e. The molecule has 0 aliphatic rings. The second kappa shape index (κ2) is 6.53. The van der Waals surface area contributed by atoms with Crippen LogP contribution in [0.1, 0.15) is 6.42 Å². The van der Waals surface area contributed by atoms with Gasteiger partial charge in [0, 0.05) is 12.7 Å². The van der Waals surface area contributed by atoms with E-state index >= 15 is 0 Å². The summed E-state index contributed by atoms with van der Waals surface area (Å²) in [5.74, 6) is -0.542. The molecule has 1 rings (SSSR count). The van der Waals surface area contributed by atoms with Crippen molar-refractivity contribution in [1.29, 1.82) is 0 Å². The topological polar surface area (TPSA) is 92.7 Å². The highest BCUT2D eigenvalue weighted by atomic mass is 32.2. The summed E-state index contributed by atoms with van der Waals surface area (Å²) in [4.78, 5) is 10.9. The number of carbonyl (C=O) groups is 1. The normalized spacial score (nSPS) is 12.9. The maximum Gasteiger partial charge on any atom is 0.320 e. The molecule has 0 saturated carbocycles. The van der Waals surface area contributed by atoms with Gasteiger partial charge in [-0.15, -0.1) is 0 Å². The maximum absolute atomic E-state index is 11.4. The van der Waals surface area contributed by atoms with Crippen LogP contribution in [0.25, 0.3) is 0 Å². The number of hydrogen-bond donors (Lipinski definition) is 2. The van der Waals surface area contributed by atoms with E-state index in [1.54, 1.807) is 19.2 Å². The Morgan fingerprint density at radius 2 is 2.16 bits per heavy atom. The van der Waals surface area contributed by atoms with Gasteiger partial charge in [-0.1, -0.05) is 6.07 Å². The standard InChI is InChI=1S/C12H17NO5S/c1-13-11(12(14)15)6-7-18-9-4-3-5-10(8-9)19(2,16)17/h3-5,8,11,13H,6-7H2,1-2H3,(H,14,15). The summed E-state index contributed by atoms with van der Waals surface area (Å²) in [6.07, 6.45) is 1.41. The number of nitrogens with one attached hydrogen (secondary N) is 1. The Hall–Kier alpha value is -1.60. The van der Waals surface area contributed by atoms with Crippen molar-refractivity contribution in [2.75, 3.05) is 19.9 Å². The average Bonchev–Trinajstić information content (AvgIpc) is 2.33. The van der Waals surface area contributed by atoms with Gasteiger partial charge in [0.2, 0.25) is 0 Å². The first-order valence-corrected chi connectivity index (χ1v) is 7.56. The first-order valence-electron chi connectivity index (χ1n) is 5.67. The number of ether oxygens (including phenoxy) is 1. The second-order valence-corrected chi connectivity index (χ2v) is 6.08. The van der Waals surface area contributed by atoms with Crippen molar-refractivity contribution in [1.82, 2.24) is 5.32 Å². The zero-order valence-corrected chi connectivity index (χ0v) is 11.6. The molecule has 1 unspecified atom stereocenters. The zero-order chi connectivity index (χ0) is 14.5. The van der Waals surface area contributed by atoms with Gasteiger partial charge in [-0.25, -0.2) is 8.42 Å². The number of carboxylic acid groups (broad SMARTS) is 1. The summed E-state index contributed by atoms with van der Waals surface area (Å²) in [6.45, 7) is 0.186. The van der Waals surface area contributed by atoms with Crippen molar-refractivity contribution >= 4 is 15.8 Å². The molecule has 0 radical (unpaired) electrons. The molecular weight excluding hydrogens is 270 g/mol. The minimum absolute atomic E-state index is 0.174. The third-order valence-electron chi connectivity index (χ3n) is 2.56. The molecule has 1 aromatic carbocycles. The van der Waals surface area contributed by atoms with Crippen molar-refractivity contribution in [2.45, 2.75) is 17.4 Å². The highest BCUT2D eigenvalue weighted by Crippen LogP contribution is 2.17. The predicted molar refractivity (Wildman–Crippen MR) is 70.1 cm³/mol. The molecule has 19 heavy (non-hydrogen) atoms. The summed E-state index contributed by atoms with van der Waals surface area (Å²) in [5.41, 5.74) is 0. The van der Waals surface area contributed by atoms with Crippen LogP contribution < -0.4 is 10.1 Å². The van der Waals surface area contributed by atoms with Crippen LogP contribution in [0.3, 0.4) is 0 Å². The monoisotopic (exact) mass is 287 g/mol. The van der Waals surface area contributed by atoms with E-state index in [0.717, 1.165) is 6.26 Å². The van der Waals surface area contributed by atoms with Crippen LogP contribution in [0.5, 0.6) is 5.75 Å². The van der Waals surface area contributed by atoms with Gasteiger partial charge < -0.3 is 15.2 Å². The van der Waals surface area contributed by atoms with Gasteiger partial charge in [-0.05, 0) is 25.2 Å². The molecule has 0 heterocycles. The Labute approximate surface area is 112 Å². The van der Waals surface area contributed by atoms with E-state index < -0.39 is 21.8 Å². The molecule has 0 spiro atoms. The molecule has 1 aromatic rings. The van der Waals surface area contributed by atoms with Crippen molar-refractivity contribution in [3.63, 3.8) is 0 Å². The molecule has 6 nitrogen and oxygen atoms in total. The van der Waals surface area contributed by atoms with Gasteiger partial charge >= 0.3 is 5.97 Å². The molecule has 0 amide bonds. The first kappa shape index (κ1) is 15.5. The number of sulfone groups is 1. The Kier molecular flexibility index (Phi) is 5.31. The molecule has 0 aromatic heterocycles.